The van der Waals surface area contributed by atoms with Crippen molar-refractivity contribution in [2.45, 2.75) is 0 Å². The molecule has 1 N–H and O–H groups in total. The first-order valence-electron chi connectivity index (χ1n) is 7.84. The monoisotopic (exact) mass is 327 g/mol. The van der Waals surface area contributed by atoms with Gasteiger partial charge in [-0.15, -0.1) is 0 Å². The van der Waals surface area contributed by atoms with Gasteiger partial charge in [0.15, 0.2) is 0 Å². The molecule has 5 rings (SSSR count). The van der Waals surface area contributed by atoms with Crippen LogP contribution in [-0.2, 0) is 0 Å². The van der Waals surface area contributed by atoms with E-state index in [4.69, 9.17) is 4.42 Å². The second kappa shape index (κ2) is 5.45. The lowest BCUT2D eigenvalue weighted by atomic mass is 10.1. The first-order chi connectivity index (χ1) is 12.4. The molecule has 5 aromatic heterocycles. The van der Waals surface area contributed by atoms with E-state index in [0.717, 1.165) is 39.4 Å². The maximum atomic E-state index is 5.16. The molecular formula is C19H13N5O. The predicted octanol–water partition coefficient (Wildman–Crippen LogP) is 4.05. The Morgan fingerprint density at radius 2 is 1.92 bits per heavy atom. The third kappa shape index (κ3) is 2.31. The quantitative estimate of drug-likeness (QED) is 0.543. The molecule has 0 atom stereocenters. The van der Waals surface area contributed by atoms with Crippen molar-refractivity contribution in [2.75, 3.05) is 0 Å². The van der Waals surface area contributed by atoms with E-state index in [2.05, 4.69) is 30.8 Å². The molecular weight excluding hydrogens is 314 g/mol. The van der Waals surface area contributed by atoms with Gasteiger partial charge in [-0.1, -0.05) is 0 Å². The van der Waals surface area contributed by atoms with Crippen molar-refractivity contribution in [3.05, 3.63) is 73.7 Å². The van der Waals surface area contributed by atoms with Crippen LogP contribution in [0.4, 0.5) is 0 Å². The molecule has 6 nitrogen and oxygen atoms in total. The zero-order valence-corrected chi connectivity index (χ0v) is 13.1. The third-order valence-corrected chi connectivity index (χ3v) is 4.19. The van der Waals surface area contributed by atoms with E-state index >= 15 is 0 Å². The molecule has 0 bridgehead atoms. The number of pyridine rings is 2. The molecule has 0 radical (unpaired) electrons. The molecule has 0 aliphatic heterocycles. The normalized spacial score (nSPS) is 11.2. The van der Waals surface area contributed by atoms with Gasteiger partial charge in [-0.2, -0.15) is 5.10 Å². The van der Waals surface area contributed by atoms with Crippen LogP contribution in [0.15, 0.2) is 78.1 Å². The van der Waals surface area contributed by atoms with Gasteiger partial charge in [0.05, 0.1) is 35.8 Å². The Kier molecular flexibility index (Phi) is 3.00. The molecule has 0 fully saturated rings. The summed E-state index contributed by atoms with van der Waals surface area (Å²) >= 11 is 0. The lowest BCUT2D eigenvalue weighted by Gasteiger charge is -2.05. The van der Waals surface area contributed by atoms with Crippen molar-refractivity contribution in [1.82, 2.24) is 24.6 Å². The number of furan rings is 1. The first kappa shape index (κ1) is 13.7. The average Bonchev–Trinajstić information content (AvgIpc) is 3.42. The van der Waals surface area contributed by atoms with Gasteiger partial charge in [-0.3, -0.25) is 14.5 Å². The Labute approximate surface area is 142 Å². The van der Waals surface area contributed by atoms with Crippen molar-refractivity contribution in [2.24, 2.45) is 0 Å². The number of rotatable bonds is 3. The minimum atomic E-state index is 0.867. The van der Waals surface area contributed by atoms with Gasteiger partial charge < -0.3 is 4.42 Å². The minimum absolute atomic E-state index is 0.867. The first-order valence-corrected chi connectivity index (χ1v) is 7.84. The number of imidazole rings is 1. The van der Waals surface area contributed by atoms with E-state index in [1.54, 1.807) is 24.9 Å². The third-order valence-electron chi connectivity index (χ3n) is 4.19. The van der Waals surface area contributed by atoms with Crippen LogP contribution >= 0.6 is 0 Å². The SMILES string of the molecule is c1cc(-c2ccc3ncc(-c4ccnc(-c5ccoc5)c4)n3c2)[nH]n1. The van der Waals surface area contributed by atoms with Gasteiger partial charge in [-0.05, 0) is 36.4 Å². The van der Waals surface area contributed by atoms with Crippen LogP contribution in [-0.4, -0.2) is 24.6 Å². The van der Waals surface area contributed by atoms with Crippen molar-refractivity contribution >= 4 is 5.65 Å². The van der Waals surface area contributed by atoms with Gasteiger partial charge in [0.2, 0.25) is 0 Å². The van der Waals surface area contributed by atoms with Crippen molar-refractivity contribution in [3.8, 4) is 33.8 Å². The van der Waals surface area contributed by atoms with E-state index in [1.165, 1.54) is 0 Å². The molecule has 0 unspecified atom stereocenters. The molecule has 120 valence electrons. The molecule has 0 spiro atoms. The topological polar surface area (TPSA) is 72.0 Å². The molecule has 0 amide bonds. The van der Waals surface area contributed by atoms with Crippen LogP contribution in [0.1, 0.15) is 0 Å². The van der Waals surface area contributed by atoms with Crippen molar-refractivity contribution in [1.29, 1.82) is 0 Å². The number of H-pyrrole nitrogens is 1. The summed E-state index contributed by atoms with van der Waals surface area (Å²) in [5.74, 6) is 0. The Balaban J connectivity index is 1.66. The van der Waals surface area contributed by atoms with Gasteiger partial charge in [0.25, 0.3) is 0 Å². The summed E-state index contributed by atoms with van der Waals surface area (Å²) in [5, 5.41) is 7.01. The van der Waals surface area contributed by atoms with E-state index in [1.807, 2.05) is 42.6 Å². The van der Waals surface area contributed by atoms with Crippen molar-refractivity contribution in [3.63, 3.8) is 0 Å². The molecule has 5 aromatic rings. The zero-order chi connectivity index (χ0) is 16.6. The van der Waals surface area contributed by atoms with Gasteiger partial charge in [-0.25, -0.2) is 4.98 Å². The van der Waals surface area contributed by atoms with E-state index < -0.39 is 0 Å². The van der Waals surface area contributed by atoms with E-state index in [9.17, 15) is 0 Å². The number of fused-ring (bicyclic) bond motifs is 1. The Morgan fingerprint density at radius 1 is 0.920 bits per heavy atom. The Morgan fingerprint density at radius 3 is 2.76 bits per heavy atom. The number of nitrogens with one attached hydrogen (secondary N) is 1. The number of nitrogens with zero attached hydrogens (tertiary/aromatic N) is 4. The summed E-state index contributed by atoms with van der Waals surface area (Å²) < 4.78 is 7.23. The molecule has 0 saturated heterocycles. The number of aromatic nitrogens is 5. The molecule has 0 aromatic carbocycles. The fraction of sp³-hybridized carbons (Fsp3) is 0. The highest BCUT2D eigenvalue weighted by Gasteiger charge is 2.10. The lowest BCUT2D eigenvalue weighted by Crippen LogP contribution is -1.91. The Bertz CT molecular complexity index is 1140. The highest BCUT2D eigenvalue weighted by atomic mass is 16.3. The number of aromatic amines is 1. The summed E-state index contributed by atoms with van der Waals surface area (Å²) in [5.41, 5.74) is 6.77. The second-order valence-electron chi connectivity index (χ2n) is 5.70. The molecule has 0 aliphatic rings. The van der Waals surface area contributed by atoms with Crippen LogP contribution in [0.3, 0.4) is 0 Å². The molecule has 25 heavy (non-hydrogen) atoms. The van der Waals surface area contributed by atoms with E-state index in [-0.39, 0.29) is 0 Å². The zero-order valence-electron chi connectivity index (χ0n) is 13.1. The maximum Gasteiger partial charge on any atom is 0.137 e. The van der Waals surface area contributed by atoms with E-state index in [0.29, 0.717) is 0 Å². The standard InChI is InChI=1S/C19H13N5O/c1-2-19-21-10-18(24(19)11-14(1)16-4-7-22-23-16)13-3-6-20-17(9-13)15-5-8-25-12-15/h1-12H,(H,22,23). The van der Waals surface area contributed by atoms with Gasteiger partial charge in [0.1, 0.15) is 5.65 Å². The smallest absolute Gasteiger partial charge is 0.137 e. The molecule has 5 heterocycles. The van der Waals surface area contributed by atoms with Gasteiger partial charge >= 0.3 is 0 Å². The fourth-order valence-electron chi connectivity index (χ4n) is 2.93. The molecule has 0 aliphatic carbocycles. The Hall–Kier alpha value is -3.67. The van der Waals surface area contributed by atoms with Crippen molar-refractivity contribution < 1.29 is 4.42 Å². The predicted molar refractivity (Wildman–Crippen MR) is 93.7 cm³/mol. The largest absolute Gasteiger partial charge is 0.472 e. The summed E-state index contributed by atoms with van der Waals surface area (Å²) in [6.45, 7) is 0. The highest BCUT2D eigenvalue weighted by Crippen LogP contribution is 2.27. The summed E-state index contributed by atoms with van der Waals surface area (Å²) in [4.78, 5) is 8.94. The average molecular weight is 327 g/mol. The second-order valence-corrected chi connectivity index (χ2v) is 5.70. The minimum Gasteiger partial charge on any atom is -0.472 e. The summed E-state index contributed by atoms with van der Waals surface area (Å²) in [6, 6.07) is 11.9. The summed E-state index contributed by atoms with van der Waals surface area (Å²) in [7, 11) is 0. The lowest BCUT2D eigenvalue weighted by molar-refractivity contribution is 0.568. The maximum absolute atomic E-state index is 5.16. The van der Waals surface area contributed by atoms with Crippen LogP contribution < -0.4 is 0 Å². The highest BCUT2D eigenvalue weighted by molar-refractivity contribution is 5.71. The summed E-state index contributed by atoms with van der Waals surface area (Å²) in [6.07, 6.45) is 10.8. The fourth-order valence-corrected chi connectivity index (χ4v) is 2.93. The van der Waals surface area contributed by atoms with Crippen LogP contribution in [0.5, 0.6) is 0 Å². The van der Waals surface area contributed by atoms with Crippen LogP contribution in [0, 0.1) is 0 Å². The molecule has 0 saturated carbocycles. The number of hydrogen-bond acceptors (Lipinski definition) is 4. The molecule has 6 heteroatoms. The van der Waals surface area contributed by atoms with Gasteiger partial charge in [0, 0.05) is 35.3 Å². The van der Waals surface area contributed by atoms with Crippen LogP contribution in [0.25, 0.3) is 39.4 Å². The van der Waals surface area contributed by atoms with Crippen LogP contribution in [0.2, 0.25) is 0 Å². The number of hydrogen-bond donors (Lipinski definition) is 1.